The summed E-state index contributed by atoms with van der Waals surface area (Å²) in [6, 6.07) is 8.73. The molecule has 0 fully saturated rings. The van der Waals surface area contributed by atoms with Crippen LogP contribution in [-0.2, 0) is 11.2 Å². The third-order valence-corrected chi connectivity index (χ3v) is 3.92. The predicted molar refractivity (Wildman–Crippen MR) is 66.6 cm³/mol. The van der Waals surface area contributed by atoms with Crippen LogP contribution in [0.25, 0.3) is 0 Å². The molecule has 2 atom stereocenters. The molecule has 88 valence electrons. The van der Waals surface area contributed by atoms with Gasteiger partial charge in [0.25, 0.3) is 0 Å². The molecule has 0 aromatic heterocycles. The van der Waals surface area contributed by atoms with E-state index in [1.807, 2.05) is 0 Å². The minimum absolute atomic E-state index is 0.0934. The van der Waals surface area contributed by atoms with Crippen molar-refractivity contribution in [1.29, 1.82) is 0 Å². The number of hydrogen-bond donors (Lipinski definition) is 1. The first-order chi connectivity index (χ1) is 7.54. The van der Waals surface area contributed by atoms with Crippen LogP contribution in [0, 0.1) is 0 Å². The smallest absolute Gasteiger partial charge is 0.0773 e. The fourth-order valence-corrected chi connectivity index (χ4v) is 2.31. The van der Waals surface area contributed by atoms with Crippen molar-refractivity contribution >= 4 is 0 Å². The van der Waals surface area contributed by atoms with E-state index in [0.717, 1.165) is 6.42 Å². The monoisotopic (exact) mass is 219 g/mol. The highest BCUT2D eigenvalue weighted by molar-refractivity contribution is 5.40. The van der Waals surface area contributed by atoms with E-state index in [9.17, 15) is 0 Å². The maximum absolute atomic E-state index is 6.20. The molecule has 1 aliphatic rings. The van der Waals surface area contributed by atoms with Crippen molar-refractivity contribution in [2.24, 2.45) is 5.73 Å². The molecule has 16 heavy (non-hydrogen) atoms. The van der Waals surface area contributed by atoms with Gasteiger partial charge in [-0.05, 0) is 43.7 Å². The van der Waals surface area contributed by atoms with Crippen LogP contribution in [0.15, 0.2) is 24.3 Å². The van der Waals surface area contributed by atoms with E-state index < -0.39 is 0 Å². The van der Waals surface area contributed by atoms with Crippen LogP contribution in [0.2, 0.25) is 0 Å². The Kier molecular flexibility index (Phi) is 3.04. The van der Waals surface area contributed by atoms with Gasteiger partial charge < -0.3 is 10.5 Å². The molecule has 2 unspecified atom stereocenters. The molecule has 2 rings (SSSR count). The summed E-state index contributed by atoms with van der Waals surface area (Å²) in [5.74, 6) is 0.626. The number of rotatable bonds is 4. The lowest BCUT2D eigenvalue weighted by Gasteiger charge is -2.37. The second-order valence-corrected chi connectivity index (χ2v) is 5.25. The molecular weight excluding hydrogens is 198 g/mol. The summed E-state index contributed by atoms with van der Waals surface area (Å²) in [5, 5.41) is 0. The molecule has 2 nitrogen and oxygen atoms in total. The Morgan fingerprint density at radius 1 is 1.44 bits per heavy atom. The summed E-state index contributed by atoms with van der Waals surface area (Å²) in [6.07, 6.45) is 2.18. The third-order valence-electron chi connectivity index (χ3n) is 3.92. The van der Waals surface area contributed by atoms with Gasteiger partial charge in [-0.1, -0.05) is 24.3 Å². The van der Waals surface area contributed by atoms with Crippen LogP contribution in [-0.4, -0.2) is 18.8 Å². The van der Waals surface area contributed by atoms with E-state index in [-0.39, 0.29) is 11.6 Å². The molecule has 0 spiro atoms. The Bertz CT molecular complexity index is 373. The van der Waals surface area contributed by atoms with Crippen LogP contribution >= 0.6 is 0 Å². The van der Waals surface area contributed by atoms with E-state index in [4.69, 9.17) is 10.5 Å². The summed E-state index contributed by atoms with van der Waals surface area (Å²) in [4.78, 5) is 0. The normalized spacial score (nSPS) is 21.1. The second-order valence-electron chi connectivity index (χ2n) is 5.25. The van der Waals surface area contributed by atoms with Crippen molar-refractivity contribution in [1.82, 2.24) is 0 Å². The van der Waals surface area contributed by atoms with E-state index in [2.05, 4.69) is 38.1 Å². The van der Waals surface area contributed by atoms with E-state index in [1.54, 1.807) is 7.11 Å². The zero-order chi connectivity index (χ0) is 11.8. The molecule has 1 aromatic rings. The zero-order valence-electron chi connectivity index (χ0n) is 10.4. The predicted octanol–water partition coefficient (Wildman–Crippen LogP) is 2.47. The van der Waals surface area contributed by atoms with E-state index in [0.29, 0.717) is 5.92 Å². The number of nitrogens with two attached hydrogens (primary N) is 1. The van der Waals surface area contributed by atoms with Crippen LogP contribution < -0.4 is 5.73 Å². The van der Waals surface area contributed by atoms with Crippen molar-refractivity contribution in [3.8, 4) is 0 Å². The first kappa shape index (κ1) is 11.6. The Morgan fingerprint density at radius 3 is 2.75 bits per heavy atom. The van der Waals surface area contributed by atoms with Crippen molar-refractivity contribution in [3.63, 3.8) is 0 Å². The van der Waals surface area contributed by atoms with E-state index >= 15 is 0 Å². The van der Waals surface area contributed by atoms with Crippen molar-refractivity contribution in [2.45, 2.75) is 44.2 Å². The molecule has 0 heterocycles. The molecule has 0 bridgehead atoms. The van der Waals surface area contributed by atoms with Crippen LogP contribution in [0.5, 0.6) is 0 Å². The van der Waals surface area contributed by atoms with Gasteiger partial charge in [0.15, 0.2) is 0 Å². The van der Waals surface area contributed by atoms with Crippen LogP contribution in [0.3, 0.4) is 0 Å². The van der Waals surface area contributed by atoms with E-state index in [1.165, 1.54) is 17.5 Å². The standard InChI is InChI=1S/C14H21NO/c1-14(2,16-3)13(15)9-11-8-10-6-4-5-7-12(10)11/h4-7,11,13H,8-9,15H2,1-3H3. The lowest BCUT2D eigenvalue weighted by atomic mass is 9.73. The number of hydrogen-bond acceptors (Lipinski definition) is 2. The summed E-state index contributed by atoms with van der Waals surface area (Å²) in [7, 11) is 1.73. The second kappa shape index (κ2) is 4.19. The quantitative estimate of drug-likeness (QED) is 0.844. The molecule has 0 radical (unpaired) electrons. The molecule has 0 amide bonds. The van der Waals surface area contributed by atoms with Crippen LogP contribution in [0.1, 0.15) is 37.3 Å². The Hall–Kier alpha value is -0.860. The molecule has 1 aromatic carbocycles. The highest BCUT2D eigenvalue weighted by Gasteiger charge is 2.33. The number of benzene rings is 1. The van der Waals surface area contributed by atoms with Gasteiger partial charge in [-0.3, -0.25) is 0 Å². The average molecular weight is 219 g/mol. The van der Waals surface area contributed by atoms with Crippen LogP contribution in [0.4, 0.5) is 0 Å². The summed E-state index contributed by atoms with van der Waals surface area (Å²) < 4.78 is 5.43. The van der Waals surface area contributed by atoms with Gasteiger partial charge in [0.05, 0.1) is 5.60 Å². The topological polar surface area (TPSA) is 35.2 Å². The summed E-state index contributed by atoms with van der Waals surface area (Å²) in [5.41, 5.74) is 8.93. The molecule has 1 aliphatic carbocycles. The van der Waals surface area contributed by atoms with Gasteiger partial charge in [0, 0.05) is 13.2 Å². The first-order valence-corrected chi connectivity index (χ1v) is 5.93. The highest BCUT2D eigenvalue weighted by atomic mass is 16.5. The minimum Gasteiger partial charge on any atom is -0.377 e. The molecule has 0 saturated heterocycles. The number of methoxy groups -OCH3 is 1. The Morgan fingerprint density at radius 2 is 2.12 bits per heavy atom. The highest BCUT2D eigenvalue weighted by Crippen LogP contribution is 2.39. The van der Waals surface area contributed by atoms with Gasteiger partial charge in [-0.2, -0.15) is 0 Å². The Labute approximate surface area is 97.8 Å². The fourth-order valence-electron chi connectivity index (χ4n) is 2.31. The molecule has 0 saturated carbocycles. The van der Waals surface area contributed by atoms with Crippen molar-refractivity contribution in [2.75, 3.05) is 7.11 Å². The molecule has 2 N–H and O–H groups in total. The maximum Gasteiger partial charge on any atom is 0.0773 e. The first-order valence-electron chi connectivity index (χ1n) is 5.93. The Balaban J connectivity index is 1.99. The number of fused-ring (bicyclic) bond motifs is 1. The molecule has 0 aliphatic heterocycles. The lowest BCUT2D eigenvalue weighted by Crippen LogP contribution is -2.46. The van der Waals surface area contributed by atoms with Gasteiger partial charge in [0.2, 0.25) is 0 Å². The molecule has 2 heteroatoms. The lowest BCUT2D eigenvalue weighted by molar-refractivity contribution is -0.00370. The van der Waals surface area contributed by atoms with Crippen molar-refractivity contribution in [3.05, 3.63) is 35.4 Å². The molecular formula is C14H21NO. The average Bonchev–Trinajstić information content (AvgIpc) is 2.25. The fraction of sp³-hybridized carbons (Fsp3) is 0.571. The maximum atomic E-state index is 6.20. The number of ether oxygens (including phenoxy) is 1. The third kappa shape index (κ3) is 2.00. The van der Waals surface area contributed by atoms with Gasteiger partial charge in [-0.15, -0.1) is 0 Å². The summed E-state index contributed by atoms with van der Waals surface area (Å²) >= 11 is 0. The zero-order valence-corrected chi connectivity index (χ0v) is 10.4. The minimum atomic E-state index is -0.232. The van der Waals surface area contributed by atoms with Gasteiger partial charge in [-0.25, -0.2) is 0 Å². The van der Waals surface area contributed by atoms with Gasteiger partial charge in [0.1, 0.15) is 0 Å². The largest absolute Gasteiger partial charge is 0.377 e. The SMILES string of the molecule is COC(C)(C)C(N)CC1Cc2ccccc21. The van der Waals surface area contributed by atoms with Crippen molar-refractivity contribution < 1.29 is 4.74 Å². The summed E-state index contributed by atoms with van der Waals surface area (Å²) in [6.45, 7) is 4.12. The van der Waals surface area contributed by atoms with Gasteiger partial charge >= 0.3 is 0 Å².